The van der Waals surface area contributed by atoms with E-state index in [1.807, 2.05) is 0 Å². The summed E-state index contributed by atoms with van der Waals surface area (Å²) in [5.41, 5.74) is -0.239. The second kappa shape index (κ2) is 7.27. The normalized spacial score (nSPS) is 30.0. The zero-order valence-electron chi connectivity index (χ0n) is 13.6. The predicted molar refractivity (Wildman–Crippen MR) is 84.4 cm³/mol. The highest BCUT2D eigenvalue weighted by Gasteiger charge is 2.49. The van der Waals surface area contributed by atoms with Crippen LogP contribution in [-0.4, -0.2) is 55.6 Å². The van der Waals surface area contributed by atoms with Gasteiger partial charge in [0.2, 0.25) is 0 Å². The number of ether oxygens (including phenoxy) is 2. The second-order valence-electron chi connectivity index (χ2n) is 6.90. The fraction of sp³-hybridized carbons (Fsp3) is 0.941. The van der Waals surface area contributed by atoms with E-state index in [9.17, 15) is 5.26 Å². The minimum absolute atomic E-state index is 0.239. The number of hydrogen-bond donors (Lipinski definition) is 1. The molecule has 4 rings (SSSR count). The molecule has 4 aliphatic rings. The summed E-state index contributed by atoms with van der Waals surface area (Å²) >= 11 is 0. The maximum atomic E-state index is 9.56. The van der Waals surface area contributed by atoms with Crippen molar-refractivity contribution in [3.63, 3.8) is 0 Å². The Hall–Kier alpha value is -0.670. The maximum Gasteiger partial charge on any atom is 0.168 e. The zero-order chi connectivity index (χ0) is 15.3. The van der Waals surface area contributed by atoms with Crippen LogP contribution in [0.5, 0.6) is 0 Å². The Morgan fingerprint density at radius 3 is 1.91 bits per heavy atom. The van der Waals surface area contributed by atoms with Crippen molar-refractivity contribution in [3.8, 4) is 6.07 Å². The standard InChI is InChI=1S/C13H20N2O2.C4H9N/c14-11-12(15-7-1-2-8-15)3-5-13(6-4-12)16-9-10-17-13;1-2-4-5-3-1/h1-10H2;5H,1-4H2. The molecule has 4 fully saturated rings. The first kappa shape index (κ1) is 16.2. The Morgan fingerprint density at radius 1 is 0.864 bits per heavy atom. The molecule has 3 heterocycles. The molecule has 0 aromatic rings. The molecule has 3 aliphatic heterocycles. The fourth-order valence-electron chi connectivity index (χ4n) is 4.10. The quantitative estimate of drug-likeness (QED) is 0.803. The van der Waals surface area contributed by atoms with Crippen LogP contribution in [0.4, 0.5) is 0 Å². The molecule has 0 bridgehead atoms. The van der Waals surface area contributed by atoms with Gasteiger partial charge in [0.15, 0.2) is 5.79 Å². The van der Waals surface area contributed by atoms with E-state index in [1.165, 1.54) is 38.8 Å². The lowest BCUT2D eigenvalue weighted by Gasteiger charge is -2.44. The SMILES string of the molecule is C1CCNC1.N#CC1(N2CCCC2)CCC2(CC1)OCCO2. The van der Waals surface area contributed by atoms with Crippen LogP contribution >= 0.6 is 0 Å². The van der Waals surface area contributed by atoms with Crippen molar-refractivity contribution in [2.24, 2.45) is 0 Å². The minimum atomic E-state index is -0.347. The Kier molecular flexibility index (Phi) is 5.35. The number of rotatable bonds is 1. The summed E-state index contributed by atoms with van der Waals surface area (Å²) in [6.07, 6.45) is 8.78. The van der Waals surface area contributed by atoms with Crippen LogP contribution in [0.25, 0.3) is 0 Å². The van der Waals surface area contributed by atoms with Gasteiger partial charge in [-0.1, -0.05) is 0 Å². The molecule has 22 heavy (non-hydrogen) atoms. The molecule has 1 saturated carbocycles. The van der Waals surface area contributed by atoms with Crippen LogP contribution in [-0.2, 0) is 9.47 Å². The smallest absolute Gasteiger partial charge is 0.168 e. The highest BCUT2D eigenvalue weighted by Crippen LogP contribution is 2.43. The van der Waals surface area contributed by atoms with E-state index < -0.39 is 0 Å². The van der Waals surface area contributed by atoms with E-state index in [2.05, 4.69) is 16.3 Å². The Balaban J connectivity index is 0.000000246. The number of nitriles is 1. The van der Waals surface area contributed by atoms with Gasteiger partial charge in [-0.25, -0.2) is 0 Å². The lowest BCUT2D eigenvalue weighted by molar-refractivity contribution is -0.188. The third kappa shape index (κ3) is 3.46. The second-order valence-corrected chi connectivity index (χ2v) is 6.90. The van der Waals surface area contributed by atoms with Gasteiger partial charge in [0.05, 0.1) is 19.3 Å². The largest absolute Gasteiger partial charge is 0.348 e. The van der Waals surface area contributed by atoms with E-state index in [0.717, 1.165) is 38.8 Å². The molecular formula is C17H29N3O2. The lowest BCUT2D eigenvalue weighted by Crippen LogP contribution is -2.52. The zero-order valence-corrected chi connectivity index (χ0v) is 13.6. The summed E-state index contributed by atoms with van der Waals surface area (Å²) in [6.45, 7) is 6.09. The molecule has 0 aromatic heterocycles. The van der Waals surface area contributed by atoms with E-state index in [1.54, 1.807) is 0 Å². The summed E-state index contributed by atoms with van der Waals surface area (Å²) in [5, 5.41) is 12.8. The lowest BCUT2D eigenvalue weighted by atomic mass is 9.78. The first-order valence-corrected chi connectivity index (χ1v) is 8.94. The van der Waals surface area contributed by atoms with Crippen molar-refractivity contribution in [3.05, 3.63) is 0 Å². The monoisotopic (exact) mass is 307 g/mol. The molecule has 1 N–H and O–H groups in total. The van der Waals surface area contributed by atoms with Gasteiger partial charge in [0.1, 0.15) is 5.54 Å². The molecule has 0 atom stereocenters. The molecule has 0 unspecified atom stereocenters. The highest BCUT2D eigenvalue weighted by molar-refractivity contribution is 5.12. The molecular weight excluding hydrogens is 278 g/mol. The Bertz CT molecular complexity index is 374. The van der Waals surface area contributed by atoms with E-state index >= 15 is 0 Å². The average Bonchev–Trinajstić information content (AvgIpc) is 3.33. The van der Waals surface area contributed by atoms with E-state index in [0.29, 0.717) is 13.2 Å². The third-order valence-electron chi connectivity index (χ3n) is 5.53. The molecule has 1 spiro atoms. The van der Waals surface area contributed by atoms with Gasteiger partial charge < -0.3 is 14.8 Å². The average molecular weight is 307 g/mol. The fourth-order valence-corrected chi connectivity index (χ4v) is 4.10. The Labute approximate surface area is 133 Å². The highest BCUT2D eigenvalue weighted by atomic mass is 16.7. The number of nitrogens with zero attached hydrogens (tertiary/aromatic N) is 2. The minimum Gasteiger partial charge on any atom is -0.348 e. The summed E-state index contributed by atoms with van der Waals surface area (Å²) in [5.74, 6) is -0.347. The molecule has 5 nitrogen and oxygen atoms in total. The van der Waals surface area contributed by atoms with Crippen LogP contribution in [0, 0.1) is 11.3 Å². The van der Waals surface area contributed by atoms with Gasteiger partial charge in [0, 0.05) is 12.8 Å². The molecule has 3 saturated heterocycles. The summed E-state index contributed by atoms with van der Waals surface area (Å²) in [6, 6.07) is 2.58. The van der Waals surface area contributed by atoms with Crippen molar-refractivity contribution >= 4 is 0 Å². The van der Waals surface area contributed by atoms with Crippen molar-refractivity contribution in [2.45, 2.75) is 62.7 Å². The van der Waals surface area contributed by atoms with E-state index in [4.69, 9.17) is 9.47 Å². The Morgan fingerprint density at radius 2 is 1.45 bits per heavy atom. The van der Waals surface area contributed by atoms with Gasteiger partial charge in [-0.2, -0.15) is 5.26 Å². The number of likely N-dealkylation sites (tertiary alicyclic amines) is 1. The number of nitrogens with one attached hydrogen (secondary N) is 1. The van der Waals surface area contributed by atoms with Crippen LogP contribution < -0.4 is 5.32 Å². The van der Waals surface area contributed by atoms with Crippen molar-refractivity contribution in [2.75, 3.05) is 39.4 Å². The van der Waals surface area contributed by atoms with E-state index in [-0.39, 0.29) is 11.3 Å². The van der Waals surface area contributed by atoms with Gasteiger partial charge in [-0.15, -0.1) is 0 Å². The first-order chi connectivity index (χ1) is 10.8. The van der Waals surface area contributed by atoms with Crippen molar-refractivity contribution in [1.29, 1.82) is 5.26 Å². The van der Waals surface area contributed by atoms with Gasteiger partial charge >= 0.3 is 0 Å². The predicted octanol–water partition coefficient (Wildman–Crippen LogP) is 2.03. The summed E-state index contributed by atoms with van der Waals surface area (Å²) in [4.78, 5) is 2.38. The molecule has 124 valence electrons. The maximum absolute atomic E-state index is 9.56. The van der Waals surface area contributed by atoms with Crippen molar-refractivity contribution in [1.82, 2.24) is 10.2 Å². The van der Waals surface area contributed by atoms with Gasteiger partial charge in [0.25, 0.3) is 0 Å². The molecule has 0 radical (unpaired) electrons. The van der Waals surface area contributed by atoms with Gasteiger partial charge in [-0.3, -0.25) is 4.90 Å². The summed E-state index contributed by atoms with van der Waals surface area (Å²) in [7, 11) is 0. The first-order valence-electron chi connectivity index (χ1n) is 8.94. The molecule has 1 aliphatic carbocycles. The van der Waals surface area contributed by atoms with Crippen LogP contribution in [0.15, 0.2) is 0 Å². The molecule has 5 heteroatoms. The third-order valence-corrected chi connectivity index (χ3v) is 5.53. The van der Waals surface area contributed by atoms with Crippen LogP contribution in [0.1, 0.15) is 51.4 Å². The van der Waals surface area contributed by atoms with Crippen LogP contribution in [0.2, 0.25) is 0 Å². The van der Waals surface area contributed by atoms with Crippen molar-refractivity contribution < 1.29 is 9.47 Å². The van der Waals surface area contributed by atoms with Crippen LogP contribution in [0.3, 0.4) is 0 Å². The summed E-state index contributed by atoms with van der Waals surface area (Å²) < 4.78 is 11.5. The number of hydrogen-bond acceptors (Lipinski definition) is 5. The van der Waals surface area contributed by atoms with Gasteiger partial charge in [-0.05, 0) is 64.7 Å². The molecule has 0 aromatic carbocycles. The topological polar surface area (TPSA) is 57.5 Å². The molecule has 0 amide bonds.